The first-order valence-electron chi connectivity index (χ1n) is 4.85. The van der Waals surface area contributed by atoms with Crippen molar-refractivity contribution in [3.05, 3.63) is 39.5 Å². The maximum Gasteiger partial charge on any atom is 0.222 e. The predicted molar refractivity (Wildman–Crippen MR) is 73.6 cm³/mol. The van der Waals surface area contributed by atoms with Gasteiger partial charge in [0.25, 0.3) is 0 Å². The van der Waals surface area contributed by atoms with E-state index in [9.17, 15) is 0 Å². The third-order valence-electron chi connectivity index (χ3n) is 2.11. The fraction of sp³-hybridized carbons (Fsp3) is 0. The molecular formula is C11H7BrClN5. The fourth-order valence-electron chi connectivity index (χ4n) is 1.28. The average Bonchev–Trinajstić information content (AvgIpc) is 2.36. The van der Waals surface area contributed by atoms with Gasteiger partial charge in [0.2, 0.25) is 5.95 Å². The highest BCUT2D eigenvalue weighted by Gasteiger charge is 2.07. The molecule has 0 bridgehead atoms. The van der Waals surface area contributed by atoms with Crippen molar-refractivity contribution in [2.75, 3.05) is 11.1 Å². The zero-order valence-corrected chi connectivity index (χ0v) is 11.3. The van der Waals surface area contributed by atoms with Crippen LogP contribution in [0.2, 0.25) is 5.02 Å². The van der Waals surface area contributed by atoms with Crippen LogP contribution in [0.15, 0.2) is 28.9 Å². The van der Waals surface area contributed by atoms with Gasteiger partial charge in [-0.2, -0.15) is 10.2 Å². The number of rotatable bonds is 2. The molecule has 0 saturated heterocycles. The van der Waals surface area contributed by atoms with Gasteiger partial charge in [-0.3, -0.25) is 0 Å². The third kappa shape index (κ3) is 2.70. The average molecular weight is 325 g/mol. The van der Waals surface area contributed by atoms with Crippen LogP contribution in [-0.2, 0) is 0 Å². The summed E-state index contributed by atoms with van der Waals surface area (Å²) < 4.78 is 0.731. The van der Waals surface area contributed by atoms with Crippen molar-refractivity contribution in [2.45, 2.75) is 0 Å². The Balaban J connectivity index is 2.34. The number of hydrogen-bond acceptors (Lipinski definition) is 5. The number of nitrogens with one attached hydrogen (secondary N) is 1. The lowest BCUT2D eigenvalue weighted by Gasteiger charge is -2.09. The summed E-state index contributed by atoms with van der Waals surface area (Å²) in [6, 6.07) is 7.18. The number of aromatic nitrogens is 2. The van der Waals surface area contributed by atoms with Crippen molar-refractivity contribution < 1.29 is 0 Å². The highest BCUT2D eigenvalue weighted by atomic mass is 79.9. The standard InChI is InChI=1S/C11H7BrClN5/c12-7-3-6(4-14)1-2-9(7)17-10-8(13)5-16-11(15)18-10/h1-3,5H,(H3,15,16,17,18). The van der Waals surface area contributed by atoms with E-state index in [2.05, 4.69) is 31.2 Å². The molecule has 0 amide bonds. The minimum atomic E-state index is 0.131. The minimum absolute atomic E-state index is 0.131. The van der Waals surface area contributed by atoms with Crippen molar-refractivity contribution in [3.8, 4) is 6.07 Å². The van der Waals surface area contributed by atoms with E-state index in [0.29, 0.717) is 16.4 Å². The highest BCUT2D eigenvalue weighted by Crippen LogP contribution is 2.29. The van der Waals surface area contributed by atoms with Gasteiger partial charge < -0.3 is 11.1 Å². The van der Waals surface area contributed by atoms with E-state index in [1.54, 1.807) is 18.2 Å². The molecule has 1 aromatic carbocycles. The van der Waals surface area contributed by atoms with Crippen molar-refractivity contribution in [1.82, 2.24) is 9.97 Å². The van der Waals surface area contributed by atoms with Crippen molar-refractivity contribution in [3.63, 3.8) is 0 Å². The van der Waals surface area contributed by atoms with Gasteiger partial charge in [0.05, 0.1) is 23.5 Å². The Morgan fingerprint density at radius 3 is 2.89 bits per heavy atom. The molecule has 90 valence electrons. The molecule has 0 radical (unpaired) electrons. The van der Waals surface area contributed by atoms with Crippen LogP contribution in [0, 0.1) is 11.3 Å². The highest BCUT2D eigenvalue weighted by molar-refractivity contribution is 9.10. The monoisotopic (exact) mass is 323 g/mol. The van der Waals surface area contributed by atoms with E-state index < -0.39 is 0 Å². The minimum Gasteiger partial charge on any atom is -0.368 e. The Bertz CT molecular complexity index is 638. The second kappa shape index (κ2) is 5.21. The molecule has 1 heterocycles. The summed E-state index contributed by atoms with van der Waals surface area (Å²) in [6.07, 6.45) is 1.42. The lowest BCUT2D eigenvalue weighted by atomic mass is 10.2. The van der Waals surface area contributed by atoms with E-state index in [4.69, 9.17) is 22.6 Å². The van der Waals surface area contributed by atoms with Crippen LogP contribution in [0.4, 0.5) is 17.5 Å². The smallest absolute Gasteiger partial charge is 0.222 e. The number of nitrogen functional groups attached to an aromatic ring is 1. The van der Waals surface area contributed by atoms with E-state index in [-0.39, 0.29) is 5.95 Å². The van der Waals surface area contributed by atoms with Gasteiger partial charge in [-0.1, -0.05) is 11.6 Å². The summed E-state index contributed by atoms with van der Waals surface area (Å²) in [5.41, 5.74) is 6.78. The molecule has 1 aromatic heterocycles. The Morgan fingerprint density at radius 1 is 1.44 bits per heavy atom. The molecule has 2 aromatic rings. The zero-order valence-electron chi connectivity index (χ0n) is 8.98. The molecule has 2 rings (SSSR count). The van der Waals surface area contributed by atoms with Gasteiger partial charge in [-0.15, -0.1) is 0 Å². The van der Waals surface area contributed by atoms with Crippen LogP contribution in [0.5, 0.6) is 0 Å². The van der Waals surface area contributed by atoms with Crippen LogP contribution in [0.1, 0.15) is 5.56 Å². The van der Waals surface area contributed by atoms with E-state index >= 15 is 0 Å². The molecule has 0 aliphatic heterocycles. The molecule has 0 aliphatic carbocycles. The van der Waals surface area contributed by atoms with Crippen LogP contribution in [0.3, 0.4) is 0 Å². The Kier molecular flexibility index (Phi) is 3.65. The maximum absolute atomic E-state index is 8.77. The van der Waals surface area contributed by atoms with Crippen LogP contribution < -0.4 is 11.1 Å². The van der Waals surface area contributed by atoms with Gasteiger partial charge >= 0.3 is 0 Å². The normalized spacial score (nSPS) is 9.83. The topological polar surface area (TPSA) is 87.6 Å². The SMILES string of the molecule is N#Cc1ccc(Nc2nc(N)ncc2Cl)c(Br)c1. The maximum atomic E-state index is 8.77. The molecule has 0 fully saturated rings. The molecule has 3 N–H and O–H groups in total. The van der Waals surface area contributed by atoms with E-state index in [0.717, 1.165) is 10.2 Å². The number of hydrogen-bond donors (Lipinski definition) is 2. The summed E-state index contributed by atoms with van der Waals surface area (Å²) in [5.74, 6) is 0.543. The zero-order chi connectivity index (χ0) is 13.1. The van der Waals surface area contributed by atoms with E-state index in [1.807, 2.05) is 6.07 Å². The molecule has 0 spiro atoms. The second-order valence-electron chi connectivity index (χ2n) is 3.36. The lowest BCUT2D eigenvalue weighted by Crippen LogP contribution is -2.00. The molecule has 18 heavy (non-hydrogen) atoms. The molecular weight excluding hydrogens is 318 g/mol. The van der Waals surface area contributed by atoms with Crippen LogP contribution in [0.25, 0.3) is 0 Å². The number of nitrogens with zero attached hydrogens (tertiary/aromatic N) is 3. The predicted octanol–water partition coefficient (Wildman–Crippen LogP) is 3.09. The number of anilines is 3. The quantitative estimate of drug-likeness (QED) is 0.886. The largest absolute Gasteiger partial charge is 0.368 e. The molecule has 0 atom stereocenters. The first-order chi connectivity index (χ1) is 8.60. The van der Waals surface area contributed by atoms with Crippen molar-refractivity contribution in [1.29, 1.82) is 5.26 Å². The fourth-order valence-corrected chi connectivity index (χ4v) is 1.90. The molecule has 0 unspecified atom stereocenters. The Hall–Kier alpha value is -1.84. The molecule has 5 nitrogen and oxygen atoms in total. The number of nitriles is 1. The summed E-state index contributed by atoms with van der Waals surface area (Å²) >= 11 is 9.30. The molecule has 0 saturated carbocycles. The van der Waals surface area contributed by atoms with Gasteiger partial charge in [0, 0.05) is 4.47 Å². The first-order valence-corrected chi connectivity index (χ1v) is 6.02. The van der Waals surface area contributed by atoms with Crippen LogP contribution >= 0.6 is 27.5 Å². The summed E-state index contributed by atoms with van der Waals surface area (Å²) in [4.78, 5) is 7.76. The van der Waals surface area contributed by atoms with Gasteiger partial charge in [-0.05, 0) is 34.1 Å². The summed E-state index contributed by atoms with van der Waals surface area (Å²) in [6.45, 7) is 0. The second-order valence-corrected chi connectivity index (χ2v) is 4.62. The number of nitrogens with two attached hydrogens (primary N) is 1. The number of benzene rings is 1. The van der Waals surface area contributed by atoms with Gasteiger partial charge in [0.1, 0.15) is 5.02 Å². The molecule has 7 heteroatoms. The van der Waals surface area contributed by atoms with E-state index in [1.165, 1.54) is 6.20 Å². The first kappa shape index (κ1) is 12.6. The Morgan fingerprint density at radius 2 is 2.22 bits per heavy atom. The van der Waals surface area contributed by atoms with Gasteiger partial charge in [0.15, 0.2) is 5.82 Å². The summed E-state index contributed by atoms with van der Waals surface area (Å²) in [5, 5.41) is 12.1. The molecule has 0 aliphatic rings. The third-order valence-corrected chi connectivity index (χ3v) is 3.05. The summed E-state index contributed by atoms with van der Waals surface area (Å²) in [7, 11) is 0. The van der Waals surface area contributed by atoms with Gasteiger partial charge in [-0.25, -0.2) is 4.98 Å². The van der Waals surface area contributed by atoms with Crippen LogP contribution in [-0.4, -0.2) is 9.97 Å². The van der Waals surface area contributed by atoms with Crippen molar-refractivity contribution in [2.24, 2.45) is 0 Å². The lowest BCUT2D eigenvalue weighted by molar-refractivity contribution is 1.18. The number of halogens is 2. The van der Waals surface area contributed by atoms with Crippen molar-refractivity contribution >= 4 is 45.0 Å². The Labute approximate surface area is 117 Å².